The lowest BCUT2D eigenvalue weighted by Crippen LogP contribution is -2.27. The molecule has 0 saturated heterocycles. The Morgan fingerprint density at radius 2 is 1.71 bits per heavy atom. The second-order valence-electron chi connectivity index (χ2n) is 7.14. The molecule has 8 nitrogen and oxygen atoms in total. The van der Waals surface area contributed by atoms with E-state index < -0.39 is 29.4 Å². The zero-order valence-electron chi connectivity index (χ0n) is 15.8. The van der Waals surface area contributed by atoms with Crippen LogP contribution in [0.2, 0.25) is 0 Å². The van der Waals surface area contributed by atoms with Crippen LogP contribution in [0.4, 0.5) is 0 Å². The lowest BCUT2D eigenvalue weighted by Gasteiger charge is -2.22. The van der Waals surface area contributed by atoms with Gasteiger partial charge in [-0.3, -0.25) is 14.4 Å². The summed E-state index contributed by atoms with van der Waals surface area (Å²) in [4.78, 5) is 48.7. The minimum absolute atomic E-state index is 0.0322. The molecule has 3 rings (SSSR count). The summed E-state index contributed by atoms with van der Waals surface area (Å²) in [6.45, 7) is 3.40. The molecule has 1 aromatic rings. The molecule has 0 spiro atoms. The molecule has 28 heavy (non-hydrogen) atoms. The van der Waals surface area contributed by atoms with Crippen molar-refractivity contribution in [3.63, 3.8) is 0 Å². The van der Waals surface area contributed by atoms with E-state index in [1.807, 2.05) is 0 Å². The van der Waals surface area contributed by atoms with Gasteiger partial charge in [0.2, 0.25) is 18.4 Å². The predicted octanol–water partition coefficient (Wildman–Crippen LogP) is 2.13. The van der Waals surface area contributed by atoms with Gasteiger partial charge in [0.25, 0.3) is 5.78 Å². The van der Waals surface area contributed by atoms with Crippen molar-refractivity contribution in [3.8, 4) is 17.2 Å². The monoisotopic (exact) mass is 390 g/mol. The number of ether oxygens (including phenoxy) is 3. The molecule has 0 aromatic heterocycles. The number of rotatable bonds is 0. The van der Waals surface area contributed by atoms with Crippen LogP contribution < -0.4 is 9.47 Å². The molecule has 0 radical (unpaired) electrons. The lowest BCUT2D eigenvalue weighted by molar-refractivity contribution is -0.144. The fraction of sp³-hybridized carbons (Fsp3) is 0.500. The minimum atomic E-state index is -0.991. The molecule has 0 fully saturated rings. The van der Waals surface area contributed by atoms with Crippen LogP contribution in [0.1, 0.15) is 55.5 Å². The lowest BCUT2D eigenvalue weighted by atomic mass is 9.94. The number of aromatic hydroxyl groups is 1. The second kappa shape index (κ2) is 8.00. The standard InChI is InChI=1S/C20H22O8/c1-10-6-7-14(22)18(24)13(21)5-3-4-12-17(20(25)28-11(10)2)15(23)8-16-19(12)27-9-26-16/h8,10-11,23H,3-7,9H2,1-2H3/t10-,11+/m1/s1. The summed E-state index contributed by atoms with van der Waals surface area (Å²) in [6.07, 6.45) is -0.117. The molecule has 0 amide bonds. The van der Waals surface area contributed by atoms with Gasteiger partial charge in [0.1, 0.15) is 17.4 Å². The van der Waals surface area contributed by atoms with Crippen LogP contribution in [0.3, 0.4) is 0 Å². The van der Waals surface area contributed by atoms with Crippen LogP contribution in [0, 0.1) is 5.92 Å². The molecular weight excluding hydrogens is 368 g/mol. The highest BCUT2D eigenvalue weighted by atomic mass is 16.7. The number of hydrogen-bond donors (Lipinski definition) is 1. The van der Waals surface area contributed by atoms with E-state index in [-0.39, 0.29) is 49.7 Å². The van der Waals surface area contributed by atoms with E-state index in [2.05, 4.69) is 0 Å². The van der Waals surface area contributed by atoms with E-state index in [1.165, 1.54) is 6.07 Å². The van der Waals surface area contributed by atoms with E-state index in [0.717, 1.165) is 0 Å². The Bertz CT molecular complexity index is 841. The molecule has 0 bridgehead atoms. The molecule has 0 saturated carbocycles. The summed E-state index contributed by atoms with van der Waals surface area (Å²) in [7, 11) is 0. The molecule has 0 unspecified atom stereocenters. The largest absolute Gasteiger partial charge is 0.507 e. The maximum Gasteiger partial charge on any atom is 0.342 e. The average Bonchev–Trinajstić information content (AvgIpc) is 3.11. The second-order valence-corrected chi connectivity index (χ2v) is 7.14. The van der Waals surface area contributed by atoms with Crippen molar-refractivity contribution in [1.29, 1.82) is 0 Å². The van der Waals surface area contributed by atoms with Crippen LogP contribution >= 0.6 is 0 Å². The number of esters is 1. The number of benzene rings is 1. The average molecular weight is 390 g/mol. The van der Waals surface area contributed by atoms with Gasteiger partial charge < -0.3 is 19.3 Å². The van der Waals surface area contributed by atoms with Gasteiger partial charge in [-0.05, 0) is 32.1 Å². The van der Waals surface area contributed by atoms with E-state index in [9.17, 15) is 24.3 Å². The van der Waals surface area contributed by atoms with Crippen LogP contribution in [-0.4, -0.2) is 41.3 Å². The Labute approximate surface area is 161 Å². The van der Waals surface area contributed by atoms with Gasteiger partial charge in [0.05, 0.1) is 0 Å². The van der Waals surface area contributed by atoms with Crippen molar-refractivity contribution in [2.75, 3.05) is 6.79 Å². The molecule has 0 aliphatic carbocycles. The first-order valence-electron chi connectivity index (χ1n) is 9.25. The normalized spacial score (nSPS) is 23.8. The summed E-state index contributed by atoms with van der Waals surface area (Å²) in [6, 6.07) is 1.30. The van der Waals surface area contributed by atoms with Crippen LogP contribution in [0.15, 0.2) is 6.07 Å². The first kappa shape index (κ1) is 19.9. The third kappa shape index (κ3) is 3.85. The quantitative estimate of drug-likeness (QED) is 0.529. The number of Topliss-reactive ketones (excluding diaryl/α,β-unsaturated/α-hetero) is 3. The van der Waals surface area contributed by atoms with E-state index in [0.29, 0.717) is 23.5 Å². The molecule has 2 atom stereocenters. The molecule has 1 N–H and O–H groups in total. The zero-order valence-corrected chi connectivity index (χ0v) is 15.8. The molecule has 2 aliphatic rings. The van der Waals surface area contributed by atoms with Crippen molar-refractivity contribution < 1.29 is 38.5 Å². The van der Waals surface area contributed by atoms with Gasteiger partial charge in [-0.1, -0.05) is 6.92 Å². The van der Waals surface area contributed by atoms with E-state index >= 15 is 0 Å². The maximum absolute atomic E-state index is 12.8. The summed E-state index contributed by atoms with van der Waals surface area (Å²) >= 11 is 0. The SMILES string of the molecule is C[C@@H]1CCC(=O)C(=O)C(=O)CCCc2c3c(cc(O)c2C(=O)O[C@H]1C)OCO3. The molecule has 1 aromatic carbocycles. The van der Waals surface area contributed by atoms with E-state index in [4.69, 9.17) is 14.2 Å². The summed E-state index contributed by atoms with van der Waals surface area (Å²) in [5.41, 5.74) is 0.330. The van der Waals surface area contributed by atoms with Crippen molar-refractivity contribution >= 4 is 23.3 Å². The summed E-state index contributed by atoms with van der Waals surface area (Å²) < 4.78 is 16.2. The molecular formula is C20H22O8. The highest BCUT2D eigenvalue weighted by Crippen LogP contribution is 2.43. The number of carbonyl (C=O) groups is 4. The molecule has 2 aliphatic heterocycles. The third-order valence-corrected chi connectivity index (χ3v) is 5.20. The highest BCUT2D eigenvalue weighted by Gasteiger charge is 2.31. The number of carbonyl (C=O) groups excluding carboxylic acids is 4. The number of fused-ring (bicyclic) bond motifs is 3. The fourth-order valence-electron chi connectivity index (χ4n) is 3.31. The third-order valence-electron chi connectivity index (χ3n) is 5.20. The van der Waals surface area contributed by atoms with Crippen molar-refractivity contribution in [3.05, 3.63) is 17.2 Å². The number of ketones is 3. The number of phenols is 1. The molecule has 150 valence electrons. The fourth-order valence-corrected chi connectivity index (χ4v) is 3.31. The Hall–Kier alpha value is -2.90. The minimum Gasteiger partial charge on any atom is -0.507 e. The Morgan fingerprint density at radius 3 is 2.46 bits per heavy atom. The Morgan fingerprint density at radius 1 is 1.00 bits per heavy atom. The maximum atomic E-state index is 12.8. The van der Waals surface area contributed by atoms with Crippen molar-refractivity contribution in [2.24, 2.45) is 5.92 Å². The van der Waals surface area contributed by atoms with Crippen LogP contribution in [-0.2, 0) is 25.5 Å². The number of cyclic esters (lactones) is 1. The van der Waals surface area contributed by atoms with Crippen LogP contribution in [0.25, 0.3) is 0 Å². The van der Waals surface area contributed by atoms with Gasteiger partial charge in [-0.15, -0.1) is 0 Å². The van der Waals surface area contributed by atoms with Gasteiger partial charge in [-0.25, -0.2) is 4.79 Å². The molecule has 8 heteroatoms. The Balaban J connectivity index is 1.99. The van der Waals surface area contributed by atoms with Gasteiger partial charge in [-0.2, -0.15) is 0 Å². The van der Waals surface area contributed by atoms with Crippen molar-refractivity contribution in [1.82, 2.24) is 0 Å². The van der Waals surface area contributed by atoms with E-state index in [1.54, 1.807) is 13.8 Å². The Kier molecular flexibility index (Phi) is 5.67. The van der Waals surface area contributed by atoms with Gasteiger partial charge >= 0.3 is 5.97 Å². The van der Waals surface area contributed by atoms with Crippen LogP contribution in [0.5, 0.6) is 17.2 Å². The zero-order chi connectivity index (χ0) is 20.4. The molecule has 2 heterocycles. The van der Waals surface area contributed by atoms with Gasteiger partial charge in [0, 0.05) is 24.5 Å². The first-order valence-corrected chi connectivity index (χ1v) is 9.25. The number of phenolic OH excluding ortho intramolecular Hbond substituents is 1. The first-order chi connectivity index (χ1) is 13.3. The predicted molar refractivity (Wildman–Crippen MR) is 95.5 cm³/mol. The van der Waals surface area contributed by atoms with Gasteiger partial charge in [0.15, 0.2) is 11.5 Å². The van der Waals surface area contributed by atoms with Crippen molar-refractivity contribution in [2.45, 2.75) is 52.1 Å². The number of hydrogen-bond acceptors (Lipinski definition) is 8. The summed E-state index contributed by atoms with van der Waals surface area (Å²) in [5.74, 6) is -3.08. The smallest absolute Gasteiger partial charge is 0.342 e. The highest BCUT2D eigenvalue weighted by molar-refractivity contribution is 6.63. The summed E-state index contributed by atoms with van der Waals surface area (Å²) in [5, 5.41) is 10.4. The topological polar surface area (TPSA) is 116 Å².